The van der Waals surface area contributed by atoms with Crippen molar-refractivity contribution < 1.29 is 20.4 Å². The lowest BCUT2D eigenvalue weighted by Crippen LogP contribution is -2.34. The molecule has 14 heteroatoms. The van der Waals surface area contributed by atoms with Crippen LogP contribution in [0.15, 0.2) is 0 Å². The van der Waals surface area contributed by atoms with Crippen molar-refractivity contribution in [1.29, 1.82) is 5.41 Å². The van der Waals surface area contributed by atoms with Gasteiger partial charge in [-0.3, -0.25) is 20.7 Å². The van der Waals surface area contributed by atoms with E-state index in [0.717, 1.165) is 0 Å². The maximum absolute atomic E-state index is 10.2. The summed E-state index contributed by atoms with van der Waals surface area (Å²) >= 11 is 8.19. The fourth-order valence-electron chi connectivity index (χ4n) is 0.669. The van der Waals surface area contributed by atoms with Gasteiger partial charge in [-0.2, -0.15) is 0 Å². The van der Waals surface area contributed by atoms with Gasteiger partial charge in [0.25, 0.3) is 0 Å². The maximum atomic E-state index is 10.2. The van der Waals surface area contributed by atoms with Gasteiger partial charge in [-0.05, 0) is 37.3 Å². The number of guanidine groups is 1. The summed E-state index contributed by atoms with van der Waals surface area (Å²) in [6.45, 7) is 0.482. The SMILES string of the molecule is N=C(N)NCCCC(N)C(=O)O.NC(N)=S.NC(N)=S.OO. The molecule has 0 saturated heterocycles. The van der Waals surface area contributed by atoms with Gasteiger partial charge in [-0.15, -0.1) is 0 Å². The molecular weight excluding hydrogens is 336 g/mol. The van der Waals surface area contributed by atoms with Crippen LogP contribution in [0.25, 0.3) is 0 Å². The third kappa shape index (κ3) is 64.2. The van der Waals surface area contributed by atoms with E-state index in [1.807, 2.05) is 0 Å². The number of rotatable bonds is 5. The summed E-state index contributed by atoms with van der Waals surface area (Å²) in [4.78, 5) is 10.2. The normalized spacial score (nSPS) is 9.05. The van der Waals surface area contributed by atoms with Gasteiger partial charge in [0, 0.05) is 6.54 Å². The van der Waals surface area contributed by atoms with Crippen LogP contribution >= 0.6 is 24.4 Å². The molecular formula is C8H24N8O4S2. The van der Waals surface area contributed by atoms with Crippen molar-refractivity contribution in [2.75, 3.05) is 6.54 Å². The number of aliphatic carboxylic acids is 1. The lowest BCUT2D eigenvalue weighted by molar-refractivity contribution is -0.176. The molecule has 0 aromatic rings. The Morgan fingerprint density at radius 2 is 1.41 bits per heavy atom. The zero-order chi connectivity index (χ0) is 18.7. The number of hydrogen-bond donors (Lipinski definition) is 11. The summed E-state index contributed by atoms with van der Waals surface area (Å²) in [5, 5.41) is 29.7. The van der Waals surface area contributed by atoms with Crippen molar-refractivity contribution in [2.45, 2.75) is 18.9 Å². The topological polar surface area (TPSA) is 270 Å². The highest BCUT2D eigenvalue weighted by molar-refractivity contribution is 7.80. The number of carboxylic acid groups (broad SMARTS) is 1. The van der Waals surface area contributed by atoms with Gasteiger partial charge in [0.05, 0.1) is 0 Å². The molecule has 0 heterocycles. The number of thiocarbonyl (C=S) groups is 2. The highest BCUT2D eigenvalue weighted by Crippen LogP contribution is 1.92. The molecule has 0 amide bonds. The minimum Gasteiger partial charge on any atom is -0.480 e. The molecule has 0 spiro atoms. The second-order valence-corrected chi connectivity index (χ2v) is 4.17. The Bertz CT molecular complexity index is 311. The van der Waals surface area contributed by atoms with E-state index in [-0.39, 0.29) is 16.2 Å². The Kier molecular flexibility index (Phi) is 27.3. The first-order valence-corrected chi connectivity index (χ1v) is 6.18. The lowest BCUT2D eigenvalue weighted by atomic mass is 10.2. The monoisotopic (exact) mass is 360 g/mol. The van der Waals surface area contributed by atoms with Gasteiger partial charge in [-0.1, -0.05) is 0 Å². The second kappa shape index (κ2) is 21.3. The first-order valence-electron chi connectivity index (χ1n) is 5.36. The third-order valence-corrected chi connectivity index (χ3v) is 1.32. The standard InChI is InChI=1S/C6H14N4O2.2CH4N2S.H2O2/c7-4(5(11)12)2-1-3-10-6(8)9;2*2-1(3)4;1-2/h4H,1-3,7H2,(H,11,12)(H4,8,9,10);2*(H4,2,3,4);1-2H. The molecule has 0 aromatic heterocycles. The molecule has 0 aliphatic rings. The van der Waals surface area contributed by atoms with Gasteiger partial charge in [-0.25, -0.2) is 0 Å². The smallest absolute Gasteiger partial charge is 0.320 e. The van der Waals surface area contributed by atoms with Crippen molar-refractivity contribution in [1.82, 2.24) is 5.32 Å². The Morgan fingerprint density at radius 3 is 1.64 bits per heavy atom. The van der Waals surface area contributed by atoms with Crippen molar-refractivity contribution in [3.63, 3.8) is 0 Å². The Balaban J connectivity index is -0.000000133. The minimum atomic E-state index is -1.00. The summed E-state index contributed by atoms with van der Waals surface area (Å²) in [5.41, 5.74) is 28.7. The van der Waals surface area contributed by atoms with E-state index in [2.05, 4.69) is 52.7 Å². The van der Waals surface area contributed by atoms with Crippen LogP contribution in [0.3, 0.4) is 0 Å². The molecule has 1 unspecified atom stereocenters. The van der Waals surface area contributed by atoms with Gasteiger partial charge in [0.1, 0.15) is 6.04 Å². The van der Waals surface area contributed by atoms with Crippen molar-refractivity contribution in [2.24, 2.45) is 34.4 Å². The predicted molar refractivity (Wildman–Crippen MR) is 92.0 cm³/mol. The van der Waals surface area contributed by atoms with E-state index < -0.39 is 12.0 Å². The maximum Gasteiger partial charge on any atom is 0.320 e. The molecule has 0 aliphatic heterocycles. The zero-order valence-corrected chi connectivity index (χ0v) is 13.4. The Labute approximate surface area is 138 Å². The van der Waals surface area contributed by atoms with Gasteiger partial charge in [0.15, 0.2) is 16.2 Å². The van der Waals surface area contributed by atoms with E-state index in [1.54, 1.807) is 0 Å². The quantitative estimate of drug-likeness (QED) is 0.0585. The summed E-state index contributed by atoms with van der Waals surface area (Å²) in [6, 6.07) is -0.821. The molecule has 0 aliphatic carbocycles. The Morgan fingerprint density at radius 1 is 1.09 bits per heavy atom. The number of nitrogens with two attached hydrogens (primary N) is 6. The molecule has 0 bridgehead atoms. The van der Waals surface area contributed by atoms with E-state index in [1.165, 1.54) is 0 Å². The van der Waals surface area contributed by atoms with Gasteiger partial charge >= 0.3 is 5.97 Å². The molecule has 17 N–H and O–H groups in total. The third-order valence-electron chi connectivity index (χ3n) is 1.32. The molecule has 1 atom stereocenters. The first-order chi connectivity index (χ1) is 10.0. The number of carboxylic acids is 1. The van der Waals surface area contributed by atoms with Crippen LogP contribution in [-0.4, -0.2) is 50.4 Å². The van der Waals surface area contributed by atoms with E-state index in [4.69, 9.17) is 32.5 Å². The van der Waals surface area contributed by atoms with Crippen LogP contribution in [-0.2, 0) is 4.79 Å². The zero-order valence-electron chi connectivity index (χ0n) is 11.7. The number of nitrogens with one attached hydrogen (secondary N) is 2. The number of hydrogen-bond acceptors (Lipinski definition) is 7. The predicted octanol–water partition coefficient (Wildman–Crippen LogP) is -2.94. The van der Waals surface area contributed by atoms with Crippen molar-refractivity contribution in [3.05, 3.63) is 0 Å². The van der Waals surface area contributed by atoms with Crippen LogP contribution in [0, 0.1) is 5.41 Å². The molecule has 12 nitrogen and oxygen atoms in total. The summed E-state index contributed by atoms with van der Waals surface area (Å²) in [6.07, 6.45) is 0.975. The number of carbonyl (C=O) groups is 1. The first kappa shape index (κ1) is 28.2. The van der Waals surface area contributed by atoms with Crippen LogP contribution in [0.1, 0.15) is 12.8 Å². The van der Waals surface area contributed by atoms with E-state index in [9.17, 15) is 4.79 Å². The molecule has 0 radical (unpaired) electrons. The van der Waals surface area contributed by atoms with E-state index in [0.29, 0.717) is 19.4 Å². The highest BCUT2D eigenvalue weighted by Gasteiger charge is 2.09. The van der Waals surface area contributed by atoms with E-state index >= 15 is 0 Å². The fourth-order valence-corrected chi connectivity index (χ4v) is 0.669. The van der Waals surface area contributed by atoms with Crippen molar-refractivity contribution >= 4 is 46.6 Å². The van der Waals surface area contributed by atoms with Gasteiger partial charge < -0.3 is 44.8 Å². The molecule has 0 rings (SSSR count). The summed E-state index contributed by atoms with van der Waals surface area (Å²) in [5.74, 6) is -1.11. The second-order valence-electron chi connectivity index (χ2n) is 3.23. The van der Waals surface area contributed by atoms with Crippen LogP contribution in [0.5, 0.6) is 0 Å². The van der Waals surface area contributed by atoms with Crippen molar-refractivity contribution in [3.8, 4) is 0 Å². The average Bonchev–Trinajstić information content (AvgIpc) is 2.35. The lowest BCUT2D eigenvalue weighted by Gasteiger charge is -2.06. The van der Waals surface area contributed by atoms with Crippen LogP contribution in [0.4, 0.5) is 0 Å². The van der Waals surface area contributed by atoms with Crippen LogP contribution in [0.2, 0.25) is 0 Å². The van der Waals surface area contributed by atoms with Crippen LogP contribution < -0.4 is 39.7 Å². The highest BCUT2D eigenvalue weighted by atomic mass is 32.1. The summed E-state index contributed by atoms with van der Waals surface area (Å²) < 4.78 is 0. The Hall–Kier alpha value is -2.00. The minimum absolute atomic E-state index is 0.000000000000000222. The summed E-state index contributed by atoms with van der Waals surface area (Å²) in [7, 11) is 0. The van der Waals surface area contributed by atoms with Gasteiger partial charge in [0.2, 0.25) is 0 Å². The average molecular weight is 360 g/mol. The molecule has 0 saturated carbocycles. The molecule has 0 aromatic carbocycles. The fraction of sp³-hybridized carbons (Fsp3) is 0.500. The largest absolute Gasteiger partial charge is 0.480 e. The molecule has 132 valence electrons. The molecule has 22 heavy (non-hydrogen) atoms. The molecule has 0 fully saturated rings.